The van der Waals surface area contributed by atoms with Gasteiger partial charge in [0.05, 0.1) is 11.5 Å². The van der Waals surface area contributed by atoms with Crippen LogP contribution in [0.2, 0.25) is 0 Å². The fraction of sp³-hybridized carbons (Fsp3) is 0.538. The Hall–Kier alpha value is -1.14. The maximum atomic E-state index is 10.9. The summed E-state index contributed by atoms with van der Waals surface area (Å²) in [4.78, 5) is 10.4. The first-order valence-electron chi connectivity index (χ1n) is 6.08. The highest BCUT2D eigenvalue weighted by Crippen LogP contribution is 2.28. The van der Waals surface area contributed by atoms with Crippen molar-refractivity contribution in [2.24, 2.45) is 5.92 Å². The largest absolute Gasteiger partial charge is 0.484 e. The second kappa shape index (κ2) is 8.12. The molecule has 0 atom stereocenters. The van der Waals surface area contributed by atoms with Crippen molar-refractivity contribution >= 4 is 21.6 Å². The van der Waals surface area contributed by atoms with Crippen LogP contribution in [0.1, 0.15) is 19.4 Å². The summed E-state index contributed by atoms with van der Waals surface area (Å²) in [5.74, 6) is 0.751. The molecule has 0 aliphatic rings. The van der Waals surface area contributed by atoms with Crippen molar-refractivity contribution in [1.29, 1.82) is 0 Å². The van der Waals surface area contributed by atoms with E-state index in [1.54, 1.807) is 12.1 Å². The molecule has 0 saturated carbocycles. The maximum absolute atomic E-state index is 10.9. The molecule has 0 unspecified atom stereocenters. The van der Waals surface area contributed by atoms with Crippen molar-refractivity contribution in [3.8, 4) is 5.75 Å². The predicted molar refractivity (Wildman–Crippen MR) is 76.9 cm³/mol. The van der Waals surface area contributed by atoms with Crippen molar-refractivity contribution < 1.29 is 14.4 Å². The SMILES string of the molecule is CC(C)COCCOc1cc(CBr)ccc1[N+](=O)[O-]. The lowest BCUT2D eigenvalue weighted by Crippen LogP contribution is -2.11. The Labute approximate surface area is 121 Å². The number of nitro groups is 1. The molecule has 1 aromatic carbocycles. The number of alkyl halides is 1. The quantitative estimate of drug-likeness (QED) is 0.316. The van der Waals surface area contributed by atoms with Crippen LogP contribution in [-0.4, -0.2) is 24.7 Å². The lowest BCUT2D eigenvalue weighted by atomic mass is 10.2. The lowest BCUT2D eigenvalue weighted by Gasteiger charge is -2.09. The van der Waals surface area contributed by atoms with Crippen molar-refractivity contribution in [3.05, 3.63) is 33.9 Å². The smallest absolute Gasteiger partial charge is 0.310 e. The summed E-state index contributed by atoms with van der Waals surface area (Å²) in [5.41, 5.74) is 0.914. The topological polar surface area (TPSA) is 61.6 Å². The number of halogens is 1. The predicted octanol–water partition coefficient (Wildman–Crippen LogP) is 3.54. The van der Waals surface area contributed by atoms with Crippen LogP contribution in [0.15, 0.2) is 18.2 Å². The molecular weight excluding hydrogens is 314 g/mol. The third kappa shape index (κ3) is 5.57. The highest BCUT2D eigenvalue weighted by molar-refractivity contribution is 9.08. The molecule has 0 heterocycles. The van der Waals surface area contributed by atoms with Crippen molar-refractivity contribution in [1.82, 2.24) is 0 Å². The third-order valence-corrected chi connectivity index (χ3v) is 2.96. The minimum Gasteiger partial charge on any atom is -0.484 e. The Balaban J connectivity index is 2.57. The number of ether oxygens (including phenoxy) is 2. The molecule has 6 heteroatoms. The van der Waals surface area contributed by atoms with E-state index in [2.05, 4.69) is 29.8 Å². The molecule has 0 fully saturated rings. The van der Waals surface area contributed by atoms with Crippen molar-refractivity contribution in [3.63, 3.8) is 0 Å². The Morgan fingerprint density at radius 1 is 1.37 bits per heavy atom. The summed E-state index contributed by atoms with van der Waals surface area (Å²) in [6.07, 6.45) is 0. The molecule has 0 bridgehead atoms. The first kappa shape index (κ1) is 15.9. The van der Waals surface area contributed by atoms with E-state index < -0.39 is 4.92 Å². The van der Waals surface area contributed by atoms with Gasteiger partial charge in [0.1, 0.15) is 6.61 Å². The van der Waals surface area contributed by atoms with E-state index in [0.29, 0.717) is 31.1 Å². The molecule has 106 valence electrons. The van der Waals surface area contributed by atoms with Crippen LogP contribution in [0.5, 0.6) is 5.75 Å². The van der Waals surface area contributed by atoms with Gasteiger partial charge in [-0.25, -0.2) is 0 Å². The van der Waals surface area contributed by atoms with Crippen molar-refractivity contribution in [2.45, 2.75) is 19.2 Å². The molecule has 1 rings (SSSR count). The summed E-state index contributed by atoms with van der Waals surface area (Å²) in [7, 11) is 0. The van der Waals surface area contributed by atoms with Crippen LogP contribution in [0.25, 0.3) is 0 Å². The first-order valence-corrected chi connectivity index (χ1v) is 7.20. The fourth-order valence-corrected chi connectivity index (χ4v) is 1.79. The van der Waals surface area contributed by atoms with Gasteiger partial charge in [-0.2, -0.15) is 0 Å². The first-order chi connectivity index (χ1) is 9.04. The van der Waals surface area contributed by atoms with Gasteiger partial charge in [0.25, 0.3) is 0 Å². The van der Waals surface area contributed by atoms with E-state index in [4.69, 9.17) is 9.47 Å². The zero-order chi connectivity index (χ0) is 14.3. The molecule has 0 N–H and O–H groups in total. The Bertz CT molecular complexity index is 423. The van der Waals surface area contributed by atoms with Crippen molar-refractivity contribution in [2.75, 3.05) is 19.8 Å². The number of hydrogen-bond donors (Lipinski definition) is 0. The van der Waals surface area contributed by atoms with E-state index in [1.807, 2.05) is 0 Å². The van der Waals surface area contributed by atoms with Crippen LogP contribution in [0.3, 0.4) is 0 Å². The Morgan fingerprint density at radius 2 is 2.11 bits per heavy atom. The van der Waals surface area contributed by atoms with E-state index in [0.717, 1.165) is 5.56 Å². The molecule has 0 radical (unpaired) electrons. The summed E-state index contributed by atoms with van der Waals surface area (Å²) in [6, 6.07) is 4.84. The molecule has 0 aliphatic heterocycles. The molecule has 5 nitrogen and oxygen atoms in total. The second-order valence-electron chi connectivity index (χ2n) is 4.51. The average Bonchev–Trinajstić information content (AvgIpc) is 2.37. The summed E-state index contributed by atoms with van der Waals surface area (Å²) in [6.45, 7) is 5.51. The molecule has 0 saturated heterocycles. The summed E-state index contributed by atoms with van der Waals surface area (Å²) >= 11 is 3.31. The van der Waals surface area contributed by atoms with Crippen LogP contribution in [0.4, 0.5) is 5.69 Å². The summed E-state index contributed by atoms with van der Waals surface area (Å²) in [5, 5.41) is 11.5. The molecular formula is C13H18BrNO4. The zero-order valence-corrected chi connectivity index (χ0v) is 12.7. The van der Waals surface area contributed by atoms with E-state index in [1.165, 1.54) is 6.07 Å². The molecule has 1 aromatic rings. The molecule has 19 heavy (non-hydrogen) atoms. The normalized spacial score (nSPS) is 10.7. The van der Waals surface area contributed by atoms with Gasteiger partial charge in [0.2, 0.25) is 0 Å². The monoisotopic (exact) mass is 331 g/mol. The third-order valence-electron chi connectivity index (χ3n) is 2.31. The van der Waals surface area contributed by atoms with Gasteiger partial charge in [0, 0.05) is 18.0 Å². The van der Waals surface area contributed by atoms with Gasteiger partial charge in [-0.1, -0.05) is 35.8 Å². The minimum atomic E-state index is -0.442. The number of nitro benzene ring substituents is 1. The number of nitrogens with zero attached hydrogens (tertiary/aromatic N) is 1. The maximum Gasteiger partial charge on any atom is 0.310 e. The highest BCUT2D eigenvalue weighted by Gasteiger charge is 2.15. The average molecular weight is 332 g/mol. The fourth-order valence-electron chi connectivity index (χ4n) is 1.44. The standard InChI is InChI=1S/C13H18BrNO4/c1-10(2)9-18-5-6-19-13-7-11(8-14)3-4-12(13)15(16)17/h3-4,7,10H,5-6,8-9H2,1-2H3. The number of hydrogen-bond acceptors (Lipinski definition) is 4. The van der Waals surface area contributed by atoms with Crippen LogP contribution >= 0.6 is 15.9 Å². The van der Waals surface area contributed by atoms with E-state index >= 15 is 0 Å². The molecule has 0 spiro atoms. The van der Waals surface area contributed by atoms with Crippen LogP contribution in [-0.2, 0) is 10.1 Å². The minimum absolute atomic E-state index is 0.0199. The molecule has 0 amide bonds. The number of benzene rings is 1. The zero-order valence-electron chi connectivity index (χ0n) is 11.1. The number of rotatable bonds is 8. The van der Waals surface area contributed by atoms with Crippen LogP contribution < -0.4 is 4.74 Å². The van der Waals surface area contributed by atoms with Gasteiger partial charge in [-0.3, -0.25) is 10.1 Å². The molecule has 0 aromatic heterocycles. The highest BCUT2D eigenvalue weighted by atomic mass is 79.9. The van der Waals surface area contributed by atoms with Gasteiger partial charge < -0.3 is 9.47 Å². The van der Waals surface area contributed by atoms with Crippen LogP contribution in [0, 0.1) is 16.0 Å². The summed E-state index contributed by atoms with van der Waals surface area (Å²) < 4.78 is 10.8. The van der Waals surface area contributed by atoms with Gasteiger partial charge >= 0.3 is 5.69 Å². The Morgan fingerprint density at radius 3 is 2.68 bits per heavy atom. The van der Waals surface area contributed by atoms with Gasteiger partial charge in [-0.05, 0) is 17.5 Å². The lowest BCUT2D eigenvalue weighted by molar-refractivity contribution is -0.385. The molecule has 0 aliphatic carbocycles. The second-order valence-corrected chi connectivity index (χ2v) is 5.07. The van der Waals surface area contributed by atoms with Gasteiger partial charge in [-0.15, -0.1) is 0 Å². The van der Waals surface area contributed by atoms with Gasteiger partial charge in [0.15, 0.2) is 5.75 Å². The van der Waals surface area contributed by atoms with E-state index in [9.17, 15) is 10.1 Å². The Kier molecular flexibility index (Phi) is 6.80. The van der Waals surface area contributed by atoms with E-state index in [-0.39, 0.29) is 11.4 Å².